The van der Waals surface area contributed by atoms with E-state index in [0.29, 0.717) is 40.7 Å². The molecular weight excluding hydrogens is 565 g/mol. The molecule has 0 spiro atoms. The van der Waals surface area contributed by atoms with Crippen LogP contribution in [-0.2, 0) is 6.54 Å². The number of hydrogen-bond donors (Lipinski definition) is 1. The van der Waals surface area contributed by atoms with Gasteiger partial charge in [0.15, 0.2) is 0 Å². The predicted molar refractivity (Wildman–Crippen MR) is 178 cm³/mol. The summed E-state index contributed by atoms with van der Waals surface area (Å²) in [6, 6.07) is 23.1. The van der Waals surface area contributed by atoms with Gasteiger partial charge in [0.2, 0.25) is 0 Å². The molecule has 6 rings (SSSR count). The first-order chi connectivity index (χ1) is 22.0. The molecule has 2 fully saturated rings. The van der Waals surface area contributed by atoms with Gasteiger partial charge in [0.05, 0.1) is 23.0 Å². The Morgan fingerprint density at radius 2 is 1.42 bits per heavy atom. The van der Waals surface area contributed by atoms with Gasteiger partial charge in [0.1, 0.15) is 5.82 Å². The van der Waals surface area contributed by atoms with Gasteiger partial charge in [-0.1, -0.05) is 67.9 Å². The number of benzene rings is 3. The van der Waals surface area contributed by atoms with Crippen LogP contribution in [0.5, 0.6) is 0 Å². The Morgan fingerprint density at radius 1 is 0.778 bits per heavy atom. The van der Waals surface area contributed by atoms with Crippen LogP contribution >= 0.6 is 0 Å². The summed E-state index contributed by atoms with van der Waals surface area (Å²) in [7, 11) is 0. The van der Waals surface area contributed by atoms with Crippen LogP contribution in [0, 0.1) is 5.82 Å². The van der Waals surface area contributed by atoms with Gasteiger partial charge < -0.3 is 10.2 Å². The van der Waals surface area contributed by atoms with E-state index in [2.05, 4.69) is 26.9 Å². The second-order valence-corrected chi connectivity index (χ2v) is 12.4. The number of hydrogen-bond acceptors (Lipinski definition) is 5. The Kier molecular flexibility index (Phi) is 10.0. The van der Waals surface area contributed by atoms with E-state index in [1.165, 1.54) is 44.5 Å². The van der Waals surface area contributed by atoms with Crippen LogP contribution in [0.2, 0.25) is 0 Å². The summed E-state index contributed by atoms with van der Waals surface area (Å²) < 4.78 is 16.2. The molecule has 3 aromatic carbocycles. The first kappa shape index (κ1) is 31.1. The molecule has 0 unspecified atom stereocenters. The summed E-state index contributed by atoms with van der Waals surface area (Å²) in [5, 5.41) is 4.33. The molecule has 1 atom stereocenters. The molecular formula is C37H44FN5O2. The monoisotopic (exact) mass is 609 g/mol. The summed E-state index contributed by atoms with van der Waals surface area (Å²) in [5.74, 6) is -0.663. The number of amides is 1. The lowest BCUT2D eigenvalue weighted by atomic mass is 9.99. The van der Waals surface area contributed by atoms with Gasteiger partial charge >= 0.3 is 0 Å². The number of carbonyl (C=O) groups excluding carboxylic acids is 1. The highest BCUT2D eigenvalue weighted by molar-refractivity contribution is 6.08. The molecule has 236 valence electrons. The van der Waals surface area contributed by atoms with E-state index in [-0.39, 0.29) is 17.5 Å². The van der Waals surface area contributed by atoms with E-state index < -0.39 is 5.82 Å². The van der Waals surface area contributed by atoms with Gasteiger partial charge in [-0.2, -0.15) is 0 Å². The topological polar surface area (TPSA) is 60.8 Å². The molecule has 3 heterocycles. The molecule has 4 aromatic rings. The number of rotatable bonds is 10. The van der Waals surface area contributed by atoms with E-state index in [1.54, 1.807) is 22.8 Å². The highest BCUT2D eigenvalue weighted by atomic mass is 19.1. The lowest BCUT2D eigenvalue weighted by Gasteiger charge is -2.37. The van der Waals surface area contributed by atoms with E-state index >= 15 is 0 Å². The molecule has 0 bridgehead atoms. The smallest absolute Gasteiger partial charge is 0.263 e. The van der Waals surface area contributed by atoms with E-state index in [1.807, 2.05) is 48.5 Å². The van der Waals surface area contributed by atoms with Crippen molar-refractivity contribution < 1.29 is 9.18 Å². The number of likely N-dealkylation sites (tertiary alicyclic amines) is 1. The van der Waals surface area contributed by atoms with Crippen LogP contribution in [0.1, 0.15) is 60.3 Å². The number of pyridine rings is 1. The SMILES string of the molecule is CC[C@H](NC(=O)c1c(CN2CCN(CCN3CCCCC3)CC2)n(-c2cccc(F)c2)c(=O)c2ccccc12)c1ccccc1. The third kappa shape index (κ3) is 7.19. The molecule has 1 N–H and O–H groups in total. The van der Waals surface area contributed by atoms with Gasteiger partial charge in [-0.25, -0.2) is 4.39 Å². The highest BCUT2D eigenvalue weighted by Gasteiger charge is 2.27. The predicted octanol–water partition coefficient (Wildman–Crippen LogP) is 5.61. The van der Waals surface area contributed by atoms with Crippen molar-refractivity contribution in [3.8, 4) is 5.69 Å². The summed E-state index contributed by atoms with van der Waals surface area (Å²) in [6.45, 7) is 10.5. The molecule has 8 heteroatoms. The zero-order valence-corrected chi connectivity index (χ0v) is 26.3. The van der Waals surface area contributed by atoms with Gasteiger partial charge in [-0.05, 0) is 62.2 Å². The number of piperidine rings is 1. The molecule has 2 aliphatic rings. The number of aromatic nitrogens is 1. The summed E-state index contributed by atoms with van der Waals surface area (Å²) in [6.07, 6.45) is 4.65. The normalized spacial score (nSPS) is 17.4. The fourth-order valence-corrected chi connectivity index (χ4v) is 6.87. The number of fused-ring (bicyclic) bond motifs is 1. The molecule has 0 saturated carbocycles. The Balaban J connectivity index is 1.35. The summed E-state index contributed by atoms with van der Waals surface area (Å²) >= 11 is 0. The van der Waals surface area contributed by atoms with Crippen molar-refractivity contribution in [2.45, 2.75) is 45.2 Å². The van der Waals surface area contributed by atoms with Crippen molar-refractivity contribution in [1.82, 2.24) is 24.6 Å². The van der Waals surface area contributed by atoms with Crippen LogP contribution in [0.25, 0.3) is 16.5 Å². The van der Waals surface area contributed by atoms with Crippen LogP contribution in [0.15, 0.2) is 83.7 Å². The lowest BCUT2D eigenvalue weighted by molar-refractivity contribution is 0.0928. The Hall–Kier alpha value is -3.85. The minimum atomic E-state index is -0.429. The van der Waals surface area contributed by atoms with Crippen molar-refractivity contribution in [1.29, 1.82) is 0 Å². The Morgan fingerprint density at radius 3 is 2.11 bits per heavy atom. The van der Waals surface area contributed by atoms with Crippen molar-refractivity contribution in [2.24, 2.45) is 0 Å². The standard InChI is InChI=1S/C37H44FN5O2/c1-2-33(28-12-5-3-6-13-28)39-36(44)35-31-16-7-8-17-32(31)37(45)43(30-15-11-14-29(38)26-30)34(35)27-42-24-22-41(23-25-42)21-20-40-18-9-4-10-19-40/h3,5-8,11-17,26,33H,2,4,9-10,18-25,27H2,1H3,(H,39,44)/t33-/m0/s1. The maximum absolute atomic E-state index is 14.6. The van der Waals surface area contributed by atoms with Crippen LogP contribution in [-0.4, -0.2) is 77.5 Å². The average Bonchev–Trinajstić information content (AvgIpc) is 3.08. The molecule has 1 aromatic heterocycles. The number of halogens is 1. The molecule has 45 heavy (non-hydrogen) atoms. The maximum Gasteiger partial charge on any atom is 0.263 e. The number of nitrogens with one attached hydrogen (secondary N) is 1. The van der Waals surface area contributed by atoms with E-state index in [9.17, 15) is 14.0 Å². The Labute approximate surface area is 265 Å². The van der Waals surface area contributed by atoms with Crippen LogP contribution in [0.4, 0.5) is 4.39 Å². The molecule has 7 nitrogen and oxygen atoms in total. The van der Waals surface area contributed by atoms with Crippen molar-refractivity contribution in [2.75, 3.05) is 52.4 Å². The van der Waals surface area contributed by atoms with E-state index in [4.69, 9.17) is 0 Å². The zero-order valence-electron chi connectivity index (χ0n) is 26.3. The first-order valence-electron chi connectivity index (χ1n) is 16.5. The van der Waals surface area contributed by atoms with Crippen LogP contribution < -0.4 is 10.9 Å². The molecule has 2 aliphatic heterocycles. The quantitative estimate of drug-likeness (QED) is 0.253. The molecule has 0 aliphatic carbocycles. The Bertz CT molecular complexity index is 1660. The van der Waals surface area contributed by atoms with Gasteiger partial charge in [0.25, 0.3) is 11.5 Å². The van der Waals surface area contributed by atoms with Crippen molar-refractivity contribution >= 4 is 16.7 Å². The zero-order chi connectivity index (χ0) is 31.2. The third-order valence-corrected chi connectivity index (χ3v) is 9.42. The second-order valence-electron chi connectivity index (χ2n) is 12.4. The van der Waals surface area contributed by atoms with E-state index in [0.717, 1.165) is 44.8 Å². The molecule has 2 saturated heterocycles. The first-order valence-corrected chi connectivity index (χ1v) is 16.5. The summed E-state index contributed by atoms with van der Waals surface area (Å²) in [5.41, 5.74) is 2.25. The van der Waals surface area contributed by atoms with Crippen molar-refractivity contribution in [3.05, 3.63) is 112 Å². The number of piperazine rings is 1. The van der Waals surface area contributed by atoms with Crippen LogP contribution in [0.3, 0.4) is 0 Å². The molecule has 1 amide bonds. The third-order valence-electron chi connectivity index (χ3n) is 9.42. The minimum Gasteiger partial charge on any atom is -0.345 e. The largest absolute Gasteiger partial charge is 0.345 e. The average molecular weight is 610 g/mol. The summed E-state index contributed by atoms with van der Waals surface area (Å²) in [4.78, 5) is 35.9. The van der Waals surface area contributed by atoms with Gasteiger partial charge in [0, 0.05) is 56.6 Å². The fourth-order valence-electron chi connectivity index (χ4n) is 6.87. The number of nitrogens with zero attached hydrogens (tertiary/aromatic N) is 4. The highest BCUT2D eigenvalue weighted by Crippen LogP contribution is 2.26. The van der Waals surface area contributed by atoms with Gasteiger partial charge in [-0.15, -0.1) is 0 Å². The lowest BCUT2D eigenvalue weighted by Crippen LogP contribution is -2.49. The molecule has 0 radical (unpaired) electrons. The minimum absolute atomic E-state index is 0.191. The second kappa shape index (κ2) is 14.5. The van der Waals surface area contributed by atoms with Gasteiger partial charge in [-0.3, -0.25) is 24.0 Å². The fraction of sp³-hybridized carbons (Fsp3) is 0.405. The maximum atomic E-state index is 14.6. The number of carbonyl (C=O) groups is 1. The van der Waals surface area contributed by atoms with Crippen molar-refractivity contribution in [3.63, 3.8) is 0 Å².